The minimum atomic E-state index is -1.98. The number of hydrogen-bond donors (Lipinski definition) is 8. The monoisotopic (exact) mass is 2020 g/mol. The molecule has 6 heterocycles. The summed E-state index contributed by atoms with van der Waals surface area (Å²) in [6.07, 6.45) is 10.1. The molecule has 28 nitrogen and oxygen atoms in total. The van der Waals surface area contributed by atoms with Crippen LogP contribution in [0.25, 0.3) is 42.7 Å². The summed E-state index contributed by atoms with van der Waals surface area (Å²) < 4.78 is 92.3. The third-order valence-electron chi connectivity index (χ3n) is 28.1. The largest absolute Gasteiger partial charge is 0.491 e. The predicted octanol–water partition coefficient (Wildman–Crippen LogP) is 17.4. The van der Waals surface area contributed by atoms with E-state index in [0.717, 1.165) is 122 Å². The summed E-state index contributed by atoms with van der Waals surface area (Å²) in [7, 11) is 0. The Morgan fingerprint density at radius 2 is 0.889 bits per heavy atom. The molecule has 2 saturated heterocycles. The Morgan fingerprint density at radius 1 is 0.500 bits per heavy atom. The van der Waals surface area contributed by atoms with E-state index in [1.54, 1.807) is 120 Å². The van der Waals surface area contributed by atoms with Crippen LogP contribution < -0.4 is 45.9 Å². The van der Waals surface area contributed by atoms with Gasteiger partial charge in [0.2, 0.25) is 23.6 Å². The van der Waals surface area contributed by atoms with E-state index >= 15 is 0 Å². The number of pyridine rings is 2. The summed E-state index contributed by atoms with van der Waals surface area (Å²) in [4.78, 5) is 127. The number of β-amino-alcohol motifs (C(OH)–C–C–N with tert-alkyl or cyclic N) is 2. The average Bonchev–Trinajstić information content (AvgIpc) is 1.65. The number of benzene rings is 6. The van der Waals surface area contributed by atoms with Crippen molar-refractivity contribution in [2.45, 2.75) is 246 Å². The van der Waals surface area contributed by atoms with Crippen molar-refractivity contribution in [3.63, 3.8) is 0 Å². The number of hydrogen-bond acceptors (Lipinski definition) is 23. The number of aryl methyl sites for hydroxylation is 2. The standard InChI is InChI=1S/C55H65F2N5O8S.C36H46FN5O7S.C18H20FNO2.CH4/c1-33(36-8-10-37(11-9-36)43-18-21-58-45-17-14-40(56)28-44(43)45)47(64)26-35-6-15-42(16-7-35)69-24-22-68-23-25-70-48-27-38(49-34(2)60-32-71-49)12-13-39(48)30-59-51(65)46-29-41(63)31-62(46)52(66)50(54(3,4)5)61-53(67)55(57)19-20-55;1-22-30(50-21-40-22)23-5-6-24(29(17-23)49-16-14-47-13-15-48-27-9-7-25(38)8-10-27)19-39-32(44)28-18-26(43)20-42(28)33(45)31(35(2,3)4)41-34(46)36(37)11-12-36;1-11(18(21)22)12-2-4-13(5-3-12)15-8-9-20-17-7-6-14(19)10-16(15)17;/h6-7,12-18,21,27-28,32-33,36-37,41,46,50,63H,8-11,19-20,22-26,29-31H2,1-5H3,(H,59,65)(H,61,67);5-10,17,21,26,28,31,43H,11-16,18-20,38H2,1-4H3,(H,39,44)(H,41,46);6-13H,2-5H2,1H3,(H,21,22);1H4/t33-,36?,37?,41-,46+,50-;26-,28+,31-;11-,12?,13?;/m111./s1. The maximum absolute atomic E-state index is 14.6. The van der Waals surface area contributed by atoms with E-state index in [-0.39, 0.29) is 127 Å². The summed E-state index contributed by atoms with van der Waals surface area (Å²) in [6.45, 7) is 20.5. The van der Waals surface area contributed by atoms with Gasteiger partial charge in [0.05, 0.1) is 87.7 Å². The molecule has 9 N–H and O–H groups in total. The van der Waals surface area contributed by atoms with E-state index in [0.29, 0.717) is 97.0 Å². The third-order valence-corrected chi connectivity index (χ3v) is 30.1. The highest BCUT2D eigenvalue weighted by molar-refractivity contribution is 7.13. The van der Waals surface area contributed by atoms with Gasteiger partial charge >= 0.3 is 5.97 Å². The van der Waals surface area contributed by atoms with Gasteiger partial charge in [0, 0.05) is 91.3 Å². The third kappa shape index (κ3) is 28.4. The van der Waals surface area contributed by atoms with Gasteiger partial charge in [-0.25, -0.2) is 27.5 Å². The number of nitrogens with one attached hydrogen (secondary N) is 4. The SMILES string of the molecule is C.C[C@@H](C(=O)O)C1CCC(c2ccnc3ccc(F)cc23)CC1.Cc1ncsc1-c1ccc(CNC(=O)[C@@H]2C[C@@H](O)CN2C(=O)[C@@H](NC(=O)C2(F)CC2)C(C)(C)C)c(OCCOCCOc2ccc(CC(=O)[C@H](C)C3CCC(c4ccnc5ccc(F)cc45)CC3)cc2)c1.Cc1ncsc1-c1ccc(CNC(=O)[C@@H]2C[C@@H](O)CN2C(=O)[C@@H](NC(=O)C2(F)CC2)C(C)(C)C)c(OCCOCCOc2ccc(N)cc2)c1. The molecule has 772 valence electrons. The number of ketones is 1. The van der Waals surface area contributed by atoms with Crippen LogP contribution in [0.3, 0.4) is 0 Å². The lowest BCUT2D eigenvalue weighted by Crippen LogP contribution is -2.59. The number of thiazole rings is 2. The van der Waals surface area contributed by atoms with Crippen LogP contribution >= 0.6 is 22.7 Å². The number of aliphatic carboxylic acids is 1. The van der Waals surface area contributed by atoms with Crippen LogP contribution in [0, 0.1) is 60.0 Å². The zero-order valence-electron chi connectivity index (χ0n) is 82.7. The number of alkyl halides is 2. The van der Waals surface area contributed by atoms with E-state index in [4.69, 9.17) is 39.3 Å². The first-order valence-electron chi connectivity index (χ1n) is 49.3. The number of rotatable bonds is 38. The van der Waals surface area contributed by atoms with Crippen molar-refractivity contribution in [1.82, 2.24) is 51.0 Å². The second-order valence-corrected chi connectivity index (χ2v) is 42.3. The molecule has 0 radical (unpaired) electrons. The lowest BCUT2D eigenvalue weighted by atomic mass is 9.72. The number of nitrogen functional groups attached to an aromatic ring is 1. The Kier molecular flexibility index (Phi) is 37.0. The second kappa shape index (κ2) is 48.7. The fraction of sp³-hybridized carbons (Fsp3) is 0.491. The molecule has 0 bridgehead atoms. The Balaban J connectivity index is 0.000000205. The molecule has 6 aliphatic rings. The molecule has 34 heteroatoms. The van der Waals surface area contributed by atoms with E-state index in [9.17, 15) is 66.1 Å². The van der Waals surface area contributed by atoms with Crippen molar-refractivity contribution in [1.29, 1.82) is 0 Å². The van der Waals surface area contributed by atoms with Crippen LogP contribution in [0.4, 0.5) is 23.2 Å². The first kappa shape index (κ1) is 109. The zero-order chi connectivity index (χ0) is 102. The summed E-state index contributed by atoms with van der Waals surface area (Å²) in [6, 6.07) is 35.4. The summed E-state index contributed by atoms with van der Waals surface area (Å²) in [5.74, 6) is -1.33. The fourth-order valence-corrected chi connectivity index (χ4v) is 20.8. The van der Waals surface area contributed by atoms with Gasteiger partial charge in [-0.1, -0.05) is 99.2 Å². The van der Waals surface area contributed by atoms with Gasteiger partial charge < -0.3 is 80.5 Å². The van der Waals surface area contributed by atoms with Gasteiger partial charge in [-0.05, 0) is 250 Å². The molecular formula is C110H135F4N11O17S2. The Hall–Kier alpha value is -12.1. The number of fused-ring (bicyclic) bond motifs is 2. The maximum atomic E-state index is 14.6. The normalized spacial score (nSPS) is 20.2. The van der Waals surface area contributed by atoms with Crippen LogP contribution in [-0.4, -0.2) is 206 Å². The van der Waals surface area contributed by atoms with Crippen LogP contribution in [0.5, 0.6) is 23.0 Å². The van der Waals surface area contributed by atoms with E-state index in [1.165, 1.54) is 44.6 Å². The van der Waals surface area contributed by atoms with E-state index in [2.05, 4.69) is 41.2 Å². The second-order valence-electron chi connectivity index (χ2n) is 40.6. The number of aliphatic hydroxyl groups is 2. The van der Waals surface area contributed by atoms with Crippen molar-refractivity contribution in [2.24, 2.45) is 34.5 Å². The van der Waals surface area contributed by atoms with Crippen LogP contribution in [-0.2, 0) is 67.3 Å². The number of carboxylic acid groups (broad SMARTS) is 1. The summed E-state index contributed by atoms with van der Waals surface area (Å²) >= 11 is 3.02. The molecule has 10 aromatic rings. The number of aliphatic hydroxyl groups excluding tert-OH is 2. The smallest absolute Gasteiger partial charge is 0.306 e. The van der Waals surface area contributed by atoms with Crippen molar-refractivity contribution in [2.75, 3.05) is 71.7 Å². The number of nitrogens with two attached hydrogens (primary N) is 1. The molecule has 4 aliphatic carbocycles. The number of amides is 6. The number of halogens is 4. The molecule has 4 saturated carbocycles. The molecule has 6 fully saturated rings. The van der Waals surface area contributed by atoms with Crippen LogP contribution in [0.1, 0.15) is 204 Å². The van der Waals surface area contributed by atoms with Crippen LogP contribution in [0.2, 0.25) is 0 Å². The molecule has 6 aromatic carbocycles. The highest BCUT2D eigenvalue weighted by atomic mass is 32.1. The summed E-state index contributed by atoms with van der Waals surface area (Å²) in [5, 5.41) is 43.1. The number of ether oxygens (including phenoxy) is 6. The first-order chi connectivity index (χ1) is 68.3. The van der Waals surface area contributed by atoms with Crippen LogP contribution in [0.15, 0.2) is 157 Å². The van der Waals surface area contributed by atoms with Gasteiger partial charge in [-0.15, -0.1) is 22.7 Å². The molecule has 6 amide bonds. The molecule has 2 aliphatic heterocycles. The highest BCUT2D eigenvalue weighted by Crippen LogP contribution is 2.46. The van der Waals surface area contributed by atoms with Crippen molar-refractivity contribution < 1.29 is 99.7 Å². The highest BCUT2D eigenvalue weighted by Gasteiger charge is 2.55. The minimum Gasteiger partial charge on any atom is -0.491 e. The molecule has 16 rings (SSSR count). The number of carbonyl (C=O) groups excluding carboxylic acids is 7. The number of carbonyl (C=O) groups is 8. The lowest BCUT2D eigenvalue weighted by Gasteiger charge is -2.35. The van der Waals surface area contributed by atoms with Gasteiger partial charge in [0.25, 0.3) is 11.8 Å². The molecular weight excluding hydrogens is 1890 g/mol. The minimum absolute atomic E-state index is 0. The van der Waals surface area contributed by atoms with Crippen molar-refractivity contribution >= 4 is 97.4 Å². The molecule has 0 unspecified atom stereocenters. The molecule has 4 aromatic heterocycles. The molecule has 144 heavy (non-hydrogen) atoms. The number of nitrogens with zero attached hydrogens (tertiary/aromatic N) is 6. The van der Waals surface area contributed by atoms with Gasteiger partial charge in [0.15, 0.2) is 11.3 Å². The zero-order valence-corrected chi connectivity index (χ0v) is 84.3. The predicted molar refractivity (Wildman–Crippen MR) is 545 cm³/mol. The number of likely N-dealkylation sites (tertiary alicyclic amines) is 2. The number of Topliss-reactive ketones (excluding diaryl/α,β-unsaturated/α-hetero) is 1. The van der Waals surface area contributed by atoms with E-state index in [1.807, 2.05) is 93.6 Å². The van der Waals surface area contributed by atoms with Gasteiger partial charge in [-0.2, -0.15) is 0 Å². The van der Waals surface area contributed by atoms with Crippen molar-refractivity contribution in [3.8, 4) is 43.9 Å². The number of aromatic nitrogens is 4. The first-order valence-corrected chi connectivity index (χ1v) is 51.1. The Bertz CT molecular complexity index is 6110. The molecule has 8 atom stereocenters. The fourth-order valence-electron chi connectivity index (χ4n) is 19.2. The number of carboxylic acids is 1. The quantitative estimate of drug-likeness (QED) is 0.0101. The molecule has 0 spiro atoms. The van der Waals surface area contributed by atoms with E-state index < -0.39 is 100.0 Å². The Labute approximate surface area is 846 Å². The number of anilines is 1. The lowest BCUT2D eigenvalue weighted by molar-refractivity contribution is -0.145. The maximum Gasteiger partial charge on any atom is 0.306 e. The summed E-state index contributed by atoms with van der Waals surface area (Å²) in [5.41, 5.74) is 14.2. The topological polar surface area (TPSA) is 385 Å². The van der Waals surface area contributed by atoms with Crippen molar-refractivity contribution in [3.05, 3.63) is 208 Å². The Morgan fingerprint density at radius 3 is 1.26 bits per heavy atom. The average molecular weight is 2020 g/mol. The van der Waals surface area contributed by atoms with Gasteiger partial charge in [-0.3, -0.25) is 48.3 Å². The van der Waals surface area contributed by atoms with Gasteiger partial charge in [0.1, 0.15) is 91.0 Å².